The highest BCUT2D eigenvalue weighted by atomic mass is 16.4. The van der Waals surface area contributed by atoms with E-state index in [2.05, 4.69) is 6.92 Å². The van der Waals surface area contributed by atoms with E-state index in [1.165, 1.54) is 32.1 Å². The lowest BCUT2D eigenvalue weighted by atomic mass is 10.0. The van der Waals surface area contributed by atoms with Crippen LogP contribution in [0, 0.1) is 0 Å². The summed E-state index contributed by atoms with van der Waals surface area (Å²) in [7, 11) is 0. The van der Waals surface area contributed by atoms with Gasteiger partial charge in [-0.05, 0) is 12.8 Å². The van der Waals surface area contributed by atoms with Crippen LogP contribution in [-0.4, -0.2) is 22.6 Å². The maximum atomic E-state index is 10.3. The molecule has 4 heteroatoms. The number of hydrogen-bond acceptors (Lipinski definition) is 2. The molecule has 1 unspecified atom stereocenters. The van der Waals surface area contributed by atoms with Gasteiger partial charge in [-0.3, -0.25) is 4.79 Å². The van der Waals surface area contributed by atoms with Crippen LogP contribution in [0.2, 0.25) is 0 Å². The van der Waals surface area contributed by atoms with Gasteiger partial charge in [0.1, 0.15) is 0 Å². The summed E-state index contributed by atoms with van der Waals surface area (Å²) >= 11 is 0. The fraction of sp³-hybridized carbons (Fsp3) is 0.917. The molecule has 0 saturated heterocycles. The molecular weight excluding hydrogens is 206 g/mol. The molecule has 0 radical (unpaired) electrons. The minimum Gasteiger partial charge on any atom is -0.481 e. The van der Waals surface area contributed by atoms with Crippen molar-refractivity contribution in [2.45, 2.75) is 70.8 Å². The van der Waals surface area contributed by atoms with Crippen molar-refractivity contribution in [3.63, 3.8) is 0 Å². The molecule has 0 aromatic rings. The lowest BCUT2D eigenvalue weighted by Gasteiger charge is -2.09. The van der Waals surface area contributed by atoms with E-state index < -0.39 is 5.97 Å². The van der Waals surface area contributed by atoms with Gasteiger partial charge in [-0.25, -0.2) is 0 Å². The molecule has 98 valence electrons. The number of rotatable bonds is 10. The topological polar surface area (TPSA) is 94.8 Å². The summed E-state index contributed by atoms with van der Waals surface area (Å²) < 4.78 is 0. The highest BCUT2D eigenvalue weighted by molar-refractivity contribution is 5.66. The van der Waals surface area contributed by atoms with E-state index in [1.807, 2.05) is 0 Å². The minimum absolute atomic E-state index is 0. The van der Waals surface area contributed by atoms with Crippen molar-refractivity contribution < 1.29 is 15.4 Å². The summed E-state index contributed by atoms with van der Waals surface area (Å²) in [5.74, 6) is -0.742. The van der Waals surface area contributed by atoms with Crippen molar-refractivity contribution in [2.75, 3.05) is 0 Å². The fourth-order valence-corrected chi connectivity index (χ4v) is 1.64. The van der Waals surface area contributed by atoms with Crippen LogP contribution in [0.25, 0.3) is 0 Å². The highest BCUT2D eigenvalue weighted by Gasteiger charge is 2.05. The van der Waals surface area contributed by atoms with Gasteiger partial charge in [-0.15, -0.1) is 0 Å². The molecule has 0 aromatic carbocycles. The third kappa shape index (κ3) is 13.4. The number of unbranched alkanes of at least 4 members (excludes halogenated alkanes) is 5. The van der Waals surface area contributed by atoms with Crippen LogP contribution in [0.15, 0.2) is 0 Å². The quantitative estimate of drug-likeness (QED) is 0.566. The van der Waals surface area contributed by atoms with Crippen molar-refractivity contribution in [3.05, 3.63) is 0 Å². The number of hydrogen-bond donors (Lipinski definition) is 2. The molecule has 0 aliphatic rings. The van der Waals surface area contributed by atoms with Crippen molar-refractivity contribution in [3.8, 4) is 0 Å². The van der Waals surface area contributed by atoms with Crippen LogP contribution >= 0.6 is 0 Å². The van der Waals surface area contributed by atoms with Gasteiger partial charge in [-0.2, -0.15) is 0 Å². The SMILES string of the molecule is CCCCCCCCC(N)CCC(=O)O.O. The highest BCUT2D eigenvalue weighted by Crippen LogP contribution is 2.09. The summed E-state index contributed by atoms with van der Waals surface area (Å²) in [6, 6.07) is 0.0762. The van der Waals surface area contributed by atoms with Crippen LogP contribution in [-0.2, 0) is 4.79 Å². The number of carboxylic acids is 1. The Morgan fingerprint density at radius 2 is 1.69 bits per heavy atom. The Bertz CT molecular complexity index is 162. The zero-order chi connectivity index (χ0) is 11.5. The Hall–Kier alpha value is -0.610. The van der Waals surface area contributed by atoms with Gasteiger partial charge in [0.25, 0.3) is 0 Å². The molecule has 0 aliphatic carbocycles. The Morgan fingerprint density at radius 3 is 2.25 bits per heavy atom. The first kappa shape index (κ1) is 17.8. The number of carboxylic acid groups (broad SMARTS) is 1. The average Bonchev–Trinajstić information content (AvgIpc) is 2.20. The van der Waals surface area contributed by atoms with Crippen LogP contribution in [0.1, 0.15) is 64.7 Å². The van der Waals surface area contributed by atoms with Gasteiger partial charge in [0.05, 0.1) is 0 Å². The lowest BCUT2D eigenvalue weighted by Crippen LogP contribution is -2.20. The van der Waals surface area contributed by atoms with E-state index in [0.717, 1.165) is 12.8 Å². The third-order valence-electron chi connectivity index (χ3n) is 2.66. The normalized spacial score (nSPS) is 11.9. The predicted octanol–water partition coefficient (Wildman–Crippen LogP) is 2.10. The van der Waals surface area contributed by atoms with Crippen LogP contribution in [0.3, 0.4) is 0 Å². The van der Waals surface area contributed by atoms with Crippen LogP contribution in [0.5, 0.6) is 0 Å². The molecule has 0 bridgehead atoms. The fourth-order valence-electron chi connectivity index (χ4n) is 1.64. The Kier molecular flexibility index (Phi) is 13.8. The van der Waals surface area contributed by atoms with E-state index in [0.29, 0.717) is 6.42 Å². The maximum absolute atomic E-state index is 10.3. The Balaban J connectivity index is 0. The first-order chi connectivity index (χ1) is 7.16. The monoisotopic (exact) mass is 233 g/mol. The molecule has 4 nitrogen and oxygen atoms in total. The van der Waals surface area contributed by atoms with Crippen LogP contribution in [0.4, 0.5) is 0 Å². The Morgan fingerprint density at radius 1 is 1.12 bits per heavy atom. The smallest absolute Gasteiger partial charge is 0.303 e. The second-order valence-electron chi connectivity index (χ2n) is 4.25. The Labute approximate surface area is 98.5 Å². The first-order valence-corrected chi connectivity index (χ1v) is 6.14. The van der Waals surface area contributed by atoms with E-state index >= 15 is 0 Å². The summed E-state index contributed by atoms with van der Waals surface area (Å²) in [6.07, 6.45) is 9.38. The molecule has 0 spiro atoms. The van der Waals surface area contributed by atoms with Gasteiger partial charge in [0, 0.05) is 12.5 Å². The van der Waals surface area contributed by atoms with Gasteiger partial charge in [0.2, 0.25) is 0 Å². The molecule has 16 heavy (non-hydrogen) atoms. The largest absolute Gasteiger partial charge is 0.481 e. The van der Waals surface area contributed by atoms with Gasteiger partial charge in [-0.1, -0.05) is 45.4 Å². The van der Waals surface area contributed by atoms with E-state index in [1.54, 1.807) is 0 Å². The number of aliphatic carboxylic acids is 1. The zero-order valence-corrected chi connectivity index (χ0v) is 10.4. The number of carbonyl (C=O) groups is 1. The maximum Gasteiger partial charge on any atom is 0.303 e. The van der Waals surface area contributed by atoms with Gasteiger partial charge >= 0.3 is 5.97 Å². The molecule has 0 fully saturated rings. The van der Waals surface area contributed by atoms with Crippen molar-refractivity contribution in [1.82, 2.24) is 0 Å². The molecule has 0 aliphatic heterocycles. The van der Waals surface area contributed by atoms with E-state index in [9.17, 15) is 4.79 Å². The van der Waals surface area contributed by atoms with Crippen molar-refractivity contribution >= 4 is 5.97 Å². The molecule has 5 N–H and O–H groups in total. The summed E-state index contributed by atoms with van der Waals surface area (Å²) in [4.78, 5) is 10.3. The summed E-state index contributed by atoms with van der Waals surface area (Å²) in [6.45, 7) is 2.21. The first-order valence-electron chi connectivity index (χ1n) is 6.14. The molecular formula is C12H27NO3. The summed E-state index contributed by atoms with van der Waals surface area (Å²) in [5, 5.41) is 8.48. The van der Waals surface area contributed by atoms with E-state index in [4.69, 9.17) is 10.8 Å². The molecule has 0 heterocycles. The van der Waals surface area contributed by atoms with E-state index in [-0.39, 0.29) is 17.9 Å². The van der Waals surface area contributed by atoms with Gasteiger partial charge < -0.3 is 16.3 Å². The van der Waals surface area contributed by atoms with Crippen molar-refractivity contribution in [2.24, 2.45) is 5.73 Å². The second-order valence-corrected chi connectivity index (χ2v) is 4.25. The molecule has 1 atom stereocenters. The molecule has 0 rings (SSSR count). The summed E-state index contributed by atoms with van der Waals surface area (Å²) in [5.41, 5.74) is 5.80. The zero-order valence-electron chi connectivity index (χ0n) is 10.4. The predicted molar refractivity (Wildman–Crippen MR) is 66.5 cm³/mol. The van der Waals surface area contributed by atoms with Crippen molar-refractivity contribution in [1.29, 1.82) is 0 Å². The van der Waals surface area contributed by atoms with Crippen LogP contribution < -0.4 is 5.73 Å². The average molecular weight is 233 g/mol. The molecule has 0 aromatic heterocycles. The third-order valence-corrected chi connectivity index (χ3v) is 2.66. The van der Waals surface area contributed by atoms with Gasteiger partial charge in [0.15, 0.2) is 0 Å². The standard InChI is InChI=1S/C12H25NO2.H2O/c1-2-3-4-5-6-7-8-11(13)9-10-12(14)15;/h11H,2-10,13H2,1H3,(H,14,15);1H2. The number of nitrogens with two attached hydrogens (primary N) is 1. The molecule has 0 saturated carbocycles. The molecule has 0 amide bonds. The second kappa shape index (κ2) is 12.5. The minimum atomic E-state index is -0.742. The lowest BCUT2D eigenvalue weighted by molar-refractivity contribution is -0.137.